The van der Waals surface area contributed by atoms with Crippen molar-refractivity contribution in [2.75, 3.05) is 6.61 Å². The van der Waals surface area contributed by atoms with Gasteiger partial charge >= 0.3 is 5.97 Å². The third-order valence-corrected chi connectivity index (χ3v) is 3.16. The molecule has 1 heterocycles. The number of carbonyl (C=O) groups excluding carboxylic acids is 1. The Hall–Kier alpha value is -1.52. The van der Waals surface area contributed by atoms with Crippen LogP contribution in [0.3, 0.4) is 0 Å². The number of aromatic nitrogens is 1. The summed E-state index contributed by atoms with van der Waals surface area (Å²) in [7, 11) is 1.87. The minimum Gasteiger partial charge on any atom is -0.465 e. The van der Waals surface area contributed by atoms with Crippen molar-refractivity contribution < 1.29 is 9.53 Å². The van der Waals surface area contributed by atoms with E-state index in [1.54, 1.807) is 6.92 Å². The SMILES string of the molecule is CCOC(=O)C(N)c1cn(C)c2c(Cl)cccc12. The first kappa shape index (κ1) is 12.9. The van der Waals surface area contributed by atoms with Gasteiger partial charge in [-0.1, -0.05) is 23.7 Å². The van der Waals surface area contributed by atoms with Crippen molar-refractivity contribution in [2.45, 2.75) is 13.0 Å². The largest absolute Gasteiger partial charge is 0.465 e. The fourth-order valence-electron chi connectivity index (χ4n) is 2.06. The number of ether oxygens (including phenoxy) is 1. The van der Waals surface area contributed by atoms with Crippen molar-refractivity contribution in [1.82, 2.24) is 4.57 Å². The summed E-state index contributed by atoms with van der Waals surface area (Å²) < 4.78 is 6.81. The van der Waals surface area contributed by atoms with Gasteiger partial charge < -0.3 is 15.0 Å². The van der Waals surface area contributed by atoms with Crippen molar-refractivity contribution in [3.05, 3.63) is 35.0 Å². The first-order valence-electron chi connectivity index (χ1n) is 5.72. The molecule has 0 saturated carbocycles. The number of nitrogens with two attached hydrogens (primary N) is 1. The van der Waals surface area contributed by atoms with Gasteiger partial charge in [-0.25, -0.2) is 4.79 Å². The van der Waals surface area contributed by atoms with Gasteiger partial charge in [0.25, 0.3) is 0 Å². The van der Waals surface area contributed by atoms with E-state index in [0.29, 0.717) is 11.6 Å². The van der Waals surface area contributed by atoms with E-state index in [1.165, 1.54) is 0 Å². The van der Waals surface area contributed by atoms with Crippen molar-refractivity contribution in [1.29, 1.82) is 0 Å². The number of aryl methyl sites for hydroxylation is 1. The number of halogens is 1. The maximum Gasteiger partial charge on any atom is 0.327 e. The second kappa shape index (κ2) is 5.00. The Morgan fingerprint density at radius 1 is 1.56 bits per heavy atom. The summed E-state index contributed by atoms with van der Waals surface area (Å²) in [6, 6.07) is 4.76. The van der Waals surface area contributed by atoms with Gasteiger partial charge in [0.15, 0.2) is 0 Å². The predicted octanol–water partition coefficient (Wildman–Crippen LogP) is 2.39. The Bertz CT molecular complexity index is 592. The van der Waals surface area contributed by atoms with Crippen LogP contribution in [0.1, 0.15) is 18.5 Å². The van der Waals surface area contributed by atoms with E-state index in [1.807, 2.05) is 36.0 Å². The number of nitrogens with zero attached hydrogens (tertiary/aromatic N) is 1. The van der Waals surface area contributed by atoms with Gasteiger partial charge in [-0.05, 0) is 13.0 Å². The van der Waals surface area contributed by atoms with Gasteiger partial charge in [0, 0.05) is 24.2 Å². The molecule has 2 aromatic rings. The van der Waals surface area contributed by atoms with Crippen molar-refractivity contribution >= 4 is 28.5 Å². The maximum atomic E-state index is 11.7. The number of esters is 1. The molecule has 1 aromatic heterocycles. The van der Waals surface area contributed by atoms with Crippen LogP contribution in [0.2, 0.25) is 5.02 Å². The summed E-state index contributed by atoms with van der Waals surface area (Å²) in [5.74, 6) is -0.426. The number of benzene rings is 1. The molecule has 4 nitrogen and oxygen atoms in total. The third kappa shape index (κ3) is 2.09. The summed E-state index contributed by atoms with van der Waals surface area (Å²) in [6.45, 7) is 2.07. The summed E-state index contributed by atoms with van der Waals surface area (Å²) in [5.41, 5.74) is 7.52. The highest BCUT2D eigenvalue weighted by Gasteiger charge is 2.22. The van der Waals surface area contributed by atoms with Crippen LogP contribution in [-0.4, -0.2) is 17.1 Å². The minimum atomic E-state index is -0.785. The van der Waals surface area contributed by atoms with Gasteiger partial charge in [0.2, 0.25) is 0 Å². The lowest BCUT2D eigenvalue weighted by Crippen LogP contribution is -2.23. The van der Waals surface area contributed by atoms with Gasteiger partial charge in [-0.2, -0.15) is 0 Å². The van der Waals surface area contributed by atoms with E-state index in [0.717, 1.165) is 16.5 Å². The molecule has 2 rings (SSSR count). The van der Waals surface area contributed by atoms with Gasteiger partial charge in [-0.3, -0.25) is 0 Å². The minimum absolute atomic E-state index is 0.318. The summed E-state index contributed by atoms with van der Waals surface area (Å²) in [4.78, 5) is 11.7. The van der Waals surface area contributed by atoms with Crippen LogP contribution in [0, 0.1) is 0 Å². The second-order valence-electron chi connectivity index (χ2n) is 4.06. The van der Waals surface area contributed by atoms with E-state index >= 15 is 0 Å². The zero-order chi connectivity index (χ0) is 13.3. The zero-order valence-electron chi connectivity index (χ0n) is 10.3. The molecule has 0 bridgehead atoms. The van der Waals surface area contributed by atoms with Gasteiger partial charge in [0.1, 0.15) is 6.04 Å². The predicted molar refractivity (Wildman–Crippen MR) is 71.5 cm³/mol. The van der Waals surface area contributed by atoms with Crippen molar-refractivity contribution in [3.8, 4) is 0 Å². The number of fused-ring (bicyclic) bond motifs is 1. The Labute approximate surface area is 110 Å². The molecule has 0 fully saturated rings. The molecule has 0 aliphatic carbocycles. The van der Waals surface area contributed by atoms with E-state index in [9.17, 15) is 4.79 Å². The monoisotopic (exact) mass is 266 g/mol. The molecule has 0 saturated heterocycles. The number of para-hydroxylation sites is 1. The second-order valence-corrected chi connectivity index (χ2v) is 4.47. The molecule has 5 heteroatoms. The smallest absolute Gasteiger partial charge is 0.327 e. The molecular weight excluding hydrogens is 252 g/mol. The highest BCUT2D eigenvalue weighted by molar-refractivity contribution is 6.35. The number of hydrogen-bond acceptors (Lipinski definition) is 3. The standard InChI is InChI=1S/C13H15ClN2O2/c1-3-18-13(17)11(15)9-7-16(2)12-8(9)5-4-6-10(12)14/h4-7,11H,3,15H2,1-2H3. The number of carbonyl (C=O) groups is 1. The fourth-order valence-corrected chi connectivity index (χ4v) is 2.36. The van der Waals surface area contributed by atoms with Crippen LogP contribution in [-0.2, 0) is 16.6 Å². The average Bonchev–Trinajstić information content (AvgIpc) is 2.67. The molecule has 0 spiro atoms. The molecule has 96 valence electrons. The highest BCUT2D eigenvalue weighted by atomic mass is 35.5. The lowest BCUT2D eigenvalue weighted by atomic mass is 10.1. The molecule has 1 aromatic carbocycles. The Morgan fingerprint density at radius 2 is 2.28 bits per heavy atom. The van der Waals surface area contributed by atoms with Gasteiger partial charge in [0.05, 0.1) is 17.1 Å². The molecule has 1 atom stereocenters. The number of rotatable bonds is 3. The van der Waals surface area contributed by atoms with E-state index in [-0.39, 0.29) is 0 Å². The molecule has 0 radical (unpaired) electrons. The average molecular weight is 267 g/mol. The van der Waals surface area contributed by atoms with Gasteiger partial charge in [-0.15, -0.1) is 0 Å². The summed E-state index contributed by atoms with van der Waals surface area (Å²) >= 11 is 6.14. The Morgan fingerprint density at radius 3 is 2.94 bits per heavy atom. The van der Waals surface area contributed by atoms with Crippen LogP contribution in [0.4, 0.5) is 0 Å². The first-order valence-corrected chi connectivity index (χ1v) is 6.09. The Balaban J connectivity index is 2.52. The number of hydrogen-bond donors (Lipinski definition) is 1. The molecule has 0 aliphatic heterocycles. The van der Waals surface area contributed by atoms with Crippen molar-refractivity contribution in [2.24, 2.45) is 12.8 Å². The third-order valence-electron chi connectivity index (χ3n) is 2.86. The molecule has 1 unspecified atom stereocenters. The topological polar surface area (TPSA) is 57.2 Å². The van der Waals surface area contributed by atoms with Crippen LogP contribution >= 0.6 is 11.6 Å². The van der Waals surface area contributed by atoms with Crippen LogP contribution in [0.25, 0.3) is 10.9 Å². The normalized spacial score (nSPS) is 12.7. The lowest BCUT2D eigenvalue weighted by molar-refractivity contribution is -0.144. The molecule has 18 heavy (non-hydrogen) atoms. The molecule has 0 aliphatic rings. The zero-order valence-corrected chi connectivity index (χ0v) is 11.1. The molecule has 0 amide bonds. The summed E-state index contributed by atoms with van der Waals surface area (Å²) in [6.07, 6.45) is 1.82. The fraction of sp³-hybridized carbons (Fsp3) is 0.308. The van der Waals surface area contributed by atoms with E-state index in [4.69, 9.17) is 22.1 Å². The van der Waals surface area contributed by atoms with Crippen LogP contribution in [0.5, 0.6) is 0 Å². The molecular formula is C13H15ClN2O2. The summed E-state index contributed by atoms with van der Waals surface area (Å²) in [5, 5.41) is 1.52. The quantitative estimate of drug-likeness (QED) is 0.868. The van der Waals surface area contributed by atoms with Crippen LogP contribution in [0.15, 0.2) is 24.4 Å². The lowest BCUT2D eigenvalue weighted by Gasteiger charge is -2.09. The van der Waals surface area contributed by atoms with Crippen molar-refractivity contribution in [3.63, 3.8) is 0 Å². The van der Waals surface area contributed by atoms with E-state index in [2.05, 4.69) is 0 Å². The van der Waals surface area contributed by atoms with E-state index < -0.39 is 12.0 Å². The first-order chi connectivity index (χ1) is 8.56. The molecule has 2 N–H and O–H groups in total. The van der Waals surface area contributed by atoms with Crippen LogP contribution < -0.4 is 5.73 Å². The highest BCUT2D eigenvalue weighted by Crippen LogP contribution is 2.30. The Kier molecular flexibility index (Phi) is 3.59. The maximum absolute atomic E-state index is 11.7.